The van der Waals surface area contributed by atoms with E-state index < -0.39 is 12.2 Å². The van der Waals surface area contributed by atoms with Gasteiger partial charge in [-0.2, -0.15) is 0 Å². The minimum absolute atomic E-state index is 0.0140. The van der Waals surface area contributed by atoms with Crippen LogP contribution in [0.2, 0.25) is 0 Å². The highest BCUT2D eigenvalue weighted by Crippen LogP contribution is 2.21. The lowest BCUT2D eigenvalue weighted by atomic mass is 10.0. The summed E-state index contributed by atoms with van der Waals surface area (Å²) in [5.41, 5.74) is 1.88. The molecule has 26 heavy (non-hydrogen) atoms. The van der Waals surface area contributed by atoms with Crippen LogP contribution in [0, 0.1) is 0 Å². The lowest BCUT2D eigenvalue weighted by molar-refractivity contribution is 0.0466. The lowest BCUT2D eigenvalue weighted by Crippen LogP contribution is -2.42. The quantitative estimate of drug-likeness (QED) is 0.725. The molecule has 4 heteroatoms. The zero-order chi connectivity index (χ0) is 19.1. The van der Waals surface area contributed by atoms with E-state index in [1.54, 1.807) is 0 Å². The third-order valence-electron chi connectivity index (χ3n) is 5.39. The van der Waals surface area contributed by atoms with Gasteiger partial charge in [0.1, 0.15) is 0 Å². The Morgan fingerprint density at radius 3 is 1.27 bits per heavy atom. The van der Waals surface area contributed by atoms with Crippen LogP contribution in [0.15, 0.2) is 60.7 Å². The first-order chi connectivity index (χ1) is 12.4. The Hall–Kier alpha value is -1.72. The molecular weight excluding hydrogens is 324 g/mol. The van der Waals surface area contributed by atoms with Crippen LogP contribution in [0.3, 0.4) is 0 Å². The van der Waals surface area contributed by atoms with E-state index in [2.05, 4.69) is 9.80 Å². The molecule has 0 fully saturated rings. The van der Waals surface area contributed by atoms with E-state index in [0.717, 1.165) is 24.2 Å². The number of hydrogen-bond acceptors (Lipinski definition) is 4. The number of rotatable bonds is 9. The van der Waals surface area contributed by atoms with Crippen LogP contribution < -0.4 is 0 Å². The number of benzene rings is 2. The molecule has 2 aromatic carbocycles. The van der Waals surface area contributed by atoms with Crippen molar-refractivity contribution < 1.29 is 10.2 Å². The van der Waals surface area contributed by atoms with Crippen LogP contribution in [0.4, 0.5) is 0 Å². The van der Waals surface area contributed by atoms with Gasteiger partial charge in [-0.1, -0.05) is 60.7 Å². The average molecular weight is 357 g/mol. The van der Waals surface area contributed by atoms with E-state index in [-0.39, 0.29) is 12.1 Å². The smallest absolute Gasteiger partial charge is 0.0942 e. The van der Waals surface area contributed by atoms with Crippen molar-refractivity contribution >= 4 is 0 Å². The fourth-order valence-electron chi connectivity index (χ4n) is 3.06. The van der Waals surface area contributed by atoms with Crippen LogP contribution in [0.25, 0.3) is 0 Å². The number of nitrogens with zero attached hydrogens (tertiary/aromatic N) is 2. The molecule has 0 aliphatic rings. The Morgan fingerprint density at radius 2 is 0.962 bits per heavy atom. The highest BCUT2D eigenvalue weighted by Gasteiger charge is 2.23. The van der Waals surface area contributed by atoms with Gasteiger partial charge in [-0.3, -0.25) is 9.80 Å². The summed E-state index contributed by atoms with van der Waals surface area (Å²) in [6.07, 6.45) is -1.03. The summed E-state index contributed by atoms with van der Waals surface area (Å²) in [5, 5.41) is 21.2. The average Bonchev–Trinajstić information content (AvgIpc) is 2.70. The van der Waals surface area contributed by atoms with E-state index in [1.807, 2.05) is 88.6 Å². The first-order valence-corrected chi connectivity index (χ1v) is 9.28. The molecule has 0 heterocycles. The van der Waals surface area contributed by atoms with Crippen molar-refractivity contribution in [1.82, 2.24) is 9.80 Å². The molecule has 4 nitrogen and oxygen atoms in total. The molecule has 2 rings (SSSR count). The summed E-state index contributed by atoms with van der Waals surface area (Å²) in [6.45, 7) is 5.71. The molecule has 0 amide bonds. The molecule has 0 saturated carbocycles. The predicted octanol–water partition coefficient (Wildman–Crippen LogP) is 3.09. The van der Waals surface area contributed by atoms with Crippen molar-refractivity contribution in [3.63, 3.8) is 0 Å². The Morgan fingerprint density at radius 1 is 0.654 bits per heavy atom. The monoisotopic (exact) mass is 356 g/mol. The summed E-state index contributed by atoms with van der Waals surface area (Å²) in [6, 6.07) is 19.6. The van der Waals surface area contributed by atoms with Gasteiger partial charge in [-0.05, 0) is 39.1 Å². The van der Waals surface area contributed by atoms with Crippen LogP contribution in [-0.2, 0) is 0 Å². The second-order valence-electron chi connectivity index (χ2n) is 7.15. The summed E-state index contributed by atoms with van der Waals surface area (Å²) >= 11 is 0. The molecule has 0 aliphatic heterocycles. The van der Waals surface area contributed by atoms with Crippen molar-refractivity contribution in [2.45, 2.75) is 38.1 Å². The van der Waals surface area contributed by atoms with Gasteiger partial charge >= 0.3 is 0 Å². The largest absolute Gasteiger partial charge is 0.387 e. The Balaban J connectivity index is 1.86. The number of aliphatic hydroxyl groups excluding tert-OH is 2. The van der Waals surface area contributed by atoms with Crippen molar-refractivity contribution in [3.05, 3.63) is 71.8 Å². The van der Waals surface area contributed by atoms with Gasteiger partial charge in [-0.25, -0.2) is 0 Å². The Bertz CT molecular complexity index is 578. The summed E-state index contributed by atoms with van der Waals surface area (Å²) in [7, 11) is 4.06. The third-order valence-corrected chi connectivity index (χ3v) is 5.39. The first-order valence-electron chi connectivity index (χ1n) is 9.28. The van der Waals surface area contributed by atoms with E-state index in [4.69, 9.17) is 0 Å². The molecule has 2 aromatic rings. The molecule has 0 spiro atoms. The van der Waals surface area contributed by atoms with Gasteiger partial charge in [-0.15, -0.1) is 0 Å². The lowest BCUT2D eigenvalue weighted by Gasteiger charge is -2.33. The topological polar surface area (TPSA) is 46.9 Å². The van der Waals surface area contributed by atoms with Gasteiger partial charge in [0.05, 0.1) is 12.2 Å². The molecule has 142 valence electrons. The molecule has 0 saturated heterocycles. The molecule has 0 aromatic heterocycles. The van der Waals surface area contributed by atoms with E-state index >= 15 is 0 Å². The molecule has 4 atom stereocenters. The van der Waals surface area contributed by atoms with E-state index in [1.165, 1.54) is 0 Å². The number of aliphatic hydroxyl groups is 2. The van der Waals surface area contributed by atoms with Crippen molar-refractivity contribution in [2.75, 3.05) is 27.2 Å². The number of likely N-dealkylation sites (N-methyl/N-ethyl adjacent to an activating group) is 2. The highest BCUT2D eigenvalue weighted by atomic mass is 16.3. The Labute approximate surface area is 157 Å². The molecular formula is C22H32N2O2. The molecule has 0 radical (unpaired) electrons. The SMILES string of the molecule is C[C@H]([C@@H](O)c1ccccc1)N(C)CCN(C)[C@H](C)[C@@H](O)c1ccccc1. The predicted molar refractivity (Wildman–Crippen MR) is 107 cm³/mol. The summed E-state index contributed by atoms with van der Waals surface area (Å²) in [4.78, 5) is 4.32. The normalized spacial score (nSPS) is 16.5. The maximum atomic E-state index is 10.6. The standard InChI is InChI=1S/C22H32N2O2/c1-17(21(25)19-11-7-5-8-12-19)23(3)15-16-24(4)18(2)22(26)20-13-9-6-10-14-20/h5-14,17-18,21-22,25-26H,15-16H2,1-4H3/t17-,18-,21-,22-/m1/s1. The van der Waals surface area contributed by atoms with Gasteiger partial charge in [0.25, 0.3) is 0 Å². The molecule has 0 bridgehead atoms. The van der Waals surface area contributed by atoms with E-state index in [9.17, 15) is 10.2 Å². The molecule has 2 N–H and O–H groups in total. The van der Waals surface area contributed by atoms with Crippen LogP contribution in [0.1, 0.15) is 37.2 Å². The second kappa shape index (κ2) is 9.83. The van der Waals surface area contributed by atoms with Gasteiger partial charge in [0.15, 0.2) is 0 Å². The number of hydrogen-bond donors (Lipinski definition) is 2. The molecule has 0 aliphatic carbocycles. The summed E-state index contributed by atoms with van der Waals surface area (Å²) < 4.78 is 0. The van der Waals surface area contributed by atoms with Gasteiger partial charge in [0.2, 0.25) is 0 Å². The third kappa shape index (κ3) is 5.39. The Kier molecular flexibility index (Phi) is 7.79. The van der Waals surface area contributed by atoms with Gasteiger partial charge < -0.3 is 10.2 Å². The highest BCUT2D eigenvalue weighted by molar-refractivity contribution is 5.19. The van der Waals surface area contributed by atoms with Crippen molar-refractivity contribution in [3.8, 4) is 0 Å². The first kappa shape index (κ1) is 20.6. The maximum absolute atomic E-state index is 10.6. The van der Waals surface area contributed by atoms with Crippen LogP contribution in [-0.4, -0.2) is 59.3 Å². The van der Waals surface area contributed by atoms with E-state index in [0.29, 0.717) is 0 Å². The summed E-state index contributed by atoms with van der Waals surface area (Å²) in [5.74, 6) is 0. The molecule has 0 unspecified atom stereocenters. The zero-order valence-electron chi connectivity index (χ0n) is 16.3. The fraction of sp³-hybridized carbons (Fsp3) is 0.455. The fourth-order valence-corrected chi connectivity index (χ4v) is 3.06. The minimum Gasteiger partial charge on any atom is -0.387 e. The second-order valence-corrected chi connectivity index (χ2v) is 7.15. The zero-order valence-corrected chi connectivity index (χ0v) is 16.3. The maximum Gasteiger partial charge on any atom is 0.0942 e. The van der Waals surface area contributed by atoms with Crippen molar-refractivity contribution in [2.24, 2.45) is 0 Å². The minimum atomic E-state index is -0.515. The van der Waals surface area contributed by atoms with Gasteiger partial charge in [0, 0.05) is 25.2 Å². The van der Waals surface area contributed by atoms with Crippen LogP contribution in [0.5, 0.6) is 0 Å². The van der Waals surface area contributed by atoms with Crippen LogP contribution >= 0.6 is 0 Å². The van der Waals surface area contributed by atoms with Crippen molar-refractivity contribution in [1.29, 1.82) is 0 Å².